The molecule has 0 aliphatic carbocycles. The van der Waals surface area contributed by atoms with Crippen molar-refractivity contribution in [2.24, 2.45) is 0 Å². The number of anilines is 2. The quantitative estimate of drug-likeness (QED) is 0.154. The predicted octanol–water partition coefficient (Wildman–Crippen LogP) is 4.26. The van der Waals surface area contributed by atoms with Crippen molar-refractivity contribution in [1.29, 1.82) is 0 Å². The summed E-state index contributed by atoms with van der Waals surface area (Å²) in [7, 11) is -5.23. The van der Waals surface area contributed by atoms with Crippen LogP contribution in [-0.2, 0) is 26.2 Å². The number of fused-ring (bicyclic) bond motifs is 1. The molecule has 0 bridgehead atoms. The van der Waals surface area contributed by atoms with Crippen LogP contribution in [0.4, 0.5) is 11.5 Å². The number of nitrogens with zero attached hydrogens (tertiary/aromatic N) is 5. The second kappa shape index (κ2) is 12.1. The van der Waals surface area contributed by atoms with Crippen LogP contribution in [0.25, 0.3) is 22.3 Å². The molecule has 0 radical (unpaired) electrons. The molecule has 1 N–H and O–H groups in total. The highest BCUT2D eigenvalue weighted by Crippen LogP contribution is 2.33. The highest BCUT2D eigenvalue weighted by Gasteiger charge is 2.22. The summed E-state index contributed by atoms with van der Waals surface area (Å²) in [5.74, 6) is 0.856. The number of aromatic nitrogens is 4. The Morgan fingerprint density at radius 2 is 1.80 bits per heavy atom. The number of ether oxygens (including phenoxy) is 2. The predicted molar refractivity (Wildman–Crippen MR) is 161 cm³/mol. The van der Waals surface area contributed by atoms with E-state index in [1.54, 1.807) is 18.5 Å². The number of morpholine rings is 1. The van der Waals surface area contributed by atoms with Gasteiger partial charge in [-0.05, 0) is 41.9 Å². The number of sulfonamides is 1. The maximum atomic E-state index is 12.9. The van der Waals surface area contributed by atoms with E-state index < -0.39 is 18.1 Å². The van der Waals surface area contributed by atoms with Gasteiger partial charge in [0.05, 0.1) is 24.3 Å². The van der Waals surface area contributed by atoms with E-state index in [-0.39, 0.29) is 10.6 Å². The van der Waals surface area contributed by atoms with Gasteiger partial charge in [0, 0.05) is 45.2 Å². The highest BCUT2D eigenvalue weighted by molar-refractivity contribution is 7.92. The van der Waals surface area contributed by atoms with Crippen molar-refractivity contribution in [2.75, 3.05) is 42.5 Å². The van der Waals surface area contributed by atoms with Crippen molar-refractivity contribution < 1.29 is 22.7 Å². The zero-order chi connectivity index (χ0) is 29.0. The molecular weight excluding hydrogens is 560 g/mol. The number of aldehydes is 1. The SMILES string of the molecule is C[Si](C)(C)CCOCn1c(-c2ccc(NS(=O)(=O)c3cc(C=O)ccn3)cc2)cc2c(N3CCOCC3)ncnc21. The Morgan fingerprint density at radius 3 is 2.51 bits per heavy atom. The Kier molecular flexibility index (Phi) is 8.49. The second-order valence-corrected chi connectivity index (χ2v) is 18.3. The fourth-order valence-corrected chi connectivity index (χ4v) is 6.34. The van der Waals surface area contributed by atoms with Crippen molar-refractivity contribution >= 4 is 46.9 Å². The molecule has 4 aromatic rings. The number of carbonyl (C=O) groups excluding carboxylic acids is 1. The largest absolute Gasteiger partial charge is 0.378 e. The Morgan fingerprint density at radius 1 is 1.05 bits per heavy atom. The lowest BCUT2D eigenvalue weighted by Crippen LogP contribution is -2.36. The van der Waals surface area contributed by atoms with Crippen molar-refractivity contribution in [3.05, 3.63) is 60.6 Å². The molecule has 3 aromatic heterocycles. The van der Waals surface area contributed by atoms with Crippen LogP contribution in [0.5, 0.6) is 0 Å². The molecule has 41 heavy (non-hydrogen) atoms. The summed E-state index contributed by atoms with van der Waals surface area (Å²) in [4.78, 5) is 26.4. The van der Waals surface area contributed by atoms with Crippen LogP contribution in [0.2, 0.25) is 25.7 Å². The first kappa shape index (κ1) is 28.9. The van der Waals surface area contributed by atoms with Crippen molar-refractivity contribution in [3.8, 4) is 11.3 Å². The molecular formula is C28H34N6O5SSi. The first-order valence-corrected chi connectivity index (χ1v) is 18.6. The lowest BCUT2D eigenvalue weighted by molar-refractivity contribution is 0.0909. The number of pyridine rings is 1. The molecule has 0 atom stereocenters. The number of nitrogens with one attached hydrogen (secondary N) is 1. The van der Waals surface area contributed by atoms with Crippen LogP contribution in [0.3, 0.4) is 0 Å². The number of rotatable bonds is 11. The molecule has 5 rings (SSSR count). The van der Waals surface area contributed by atoms with E-state index >= 15 is 0 Å². The summed E-state index contributed by atoms with van der Waals surface area (Å²) in [5.41, 5.74) is 3.13. The van der Waals surface area contributed by atoms with Gasteiger partial charge in [0.15, 0.2) is 5.03 Å². The number of benzene rings is 1. The standard InChI is InChI=1S/C28H34N6O5SSi/c1-41(2,3)15-14-39-20-34-25(17-24-27(30-19-31-28(24)34)33-10-12-38-13-11-33)22-4-6-23(7-5-22)32-40(36,37)26-16-21(18-35)8-9-29-26/h4-9,16-19,32H,10-15,20H2,1-3H3. The van der Waals surface area contributed by atoms with Gasteiger partial charge in [0.1, 0.15) is 30.8 Å². The average molecular weight is 595 g/mol. The average Bonchev–Trinajstić information content (AvgIpc) is 3.34. The number of hydrogen-bond acceptors (Lipinski definition) is 9. The smallest absolute Gasteiger partial charge is 0.279 e. The molecule has 1 fully saturated rings. The monoisotopic (exact) mass is 594 g/mol. The van der Waals surface area contributed by atoms with E-state index in [1.165, 1.54) is 18.3 Å². The first-order chi connectivity index (χ1) is 19.6. The minimum atomic E-state index is -3.97. The maximum absolute atomic E-state index is 12.9. The van der Waals surface area contributed by atoms with Gasteiger partial charge in [-0.25, -0.2) is 15.0 Å². The third kappa shape index (κ3) is 6.81. The van der Waals surface area contributed by atoms with Crippen molar-refractivity contribution in [3.63, 3.8) is 0 Å². The molecule has 1 saturated heterocycles. The Labute approximate surface area is 240 Å². The van der Waals surface area contributed by atoms with Crippen LogP contribution in [0, 0.1) is 0 Å². The van der Waals surface area contributed by atoms with Gasteiger partial charge in [-0.2, -0.15) is 8.42 Å². The highest BCUT2D eigenvalue weighted by atomic mass is 32.2. The van der Waals surface area contributed by atoms with Crippen molar-refractivity contribution in [2.45, 2.75) is 37.4 Å². The molecule has 13 heteroatoms. The first-order valence-electron chi connectivity index (χ1n) is 13.4. The van der Waals surface area contributed by atoms with Crippen LogP contribution >= 0.6 is 0 Å². The van der Waals surface area contributed by atoms with Crippen LogP contribution < -0.4 is 9.62 Å². The van der Waals surface area contributed by atoms with Gasteiger partial charge in [0.25, 0.3) is 10.0 Å². The van der Waals surface area contributed by atoms with Gasteiger partial charge >= 0.3 is 0 Å². The van der Waals surface area contributed by atoms with Gasteiger partial charge in [0.2, 0.25) is 0 Å². The molecule has 0 saturated carbocycles. The Balaban J connectivity index is 1.46. The molecule has 11 nitrogen and oxygen atoms in total. The van der Waals surface area contributed by atoms with E-state index in [2.05, 4.69) is 50.3 Å². The maximum Gasteiger partial charge on any atom is 0.279 e. The summed E-state index contributed by atoms with van der Waals surface area (Å²) in [6.07, 6.45) is 3.46. The topological polar surface area (TPSA) is 129 Å². The summed E-state index contributed by atoms with van der Waals surface area (Å²) in [6, 6.07) is 12.9. The fraction of sp³-hybridized carbons (Fsp3) is 0.357. The van der Waals surface area contributed by atoms with E-state index in [9.17, 15) is 13.2 Å². The van der Waals surface area contributed by atoms with Gasteiger partial charge in [-0.3, -0.25) is 9.52 Å². The van der Waals surface area contributed by atoms with Gasteiger partial charge in [-0.15, -0.1) is 0 Å². The zero-order valence-electron chi connectivity index (χ0n) is 23.4. The Hall–Kier alpha value is -3.65. The molecule has 1 aliphatic rings. The molecule has 0 unspecified atom stereocenters. The van der Waals surface area contributed by atoms with E-state index in [0.29, 0.717) is 38.5 Å². The third-order valence-corrected chi connectivity index (χ3v) is 9.78. The van der Waals surface area contributed by atoms with Crippen LogP contribution in [-0.4, -0.2) is 75.2 Å². The fourth-order valence-electron chi connectivity index (χ4n) is 4.54. The van der Waals surface area contributed by atoms with E-state index in [0.717, 1.165) is 47.2 Å². The van der Waals surface area contributed by atoms with Gasteiger partial charge < -0.3 is 18.9 Å². The number of hydrogen-bond donors (Lipinski definition) is 1. The Bertz CT molecular complexity index is 1630. The van der Waals surface area contributed by atoms with Crippen LogP contribution in [0.15, 0.2) is 60.0 Å². The van der Waals surface area contributed by atoms with Crippen LogP contribution in [0.1, 0.15) is 10.4 Å². The minimum Gasteiger partial charge on any atom is -0.378 e. The molecule has 1 aliphatic heterocycles. The number of carbonyl (C=O) groups is 1. The van der Waals surface area contributed by atoms with Gasteiger partial charge in [-0.1, -0.05) is 31.8 Å². The third-order valence-electron chi connectivity index (χ3n) is 6.80. The molecule has 216 valence electrons. The lowest BCUT2D eigenvalue weighted by atomic mass is 10.1. The molecule has 0 spiro atoms. The summed E-state index contributed by atoms with van der Waals surface area (Å²) >= 11 is 0. The van der Waals surface area contributed by atoms with E-state index in [4.69, 9.17) is 9.47 Å². The molecule has 1 aromatic carbocycles. The summed E-state index contributed by atoms with van der Waals surface area (Å²) < 4.78 is 42.0. The minimum absolute atomic E-state index is 0.226. The summed E-state index contributed by atoms with van der Waals surface area (Å²) in [5, 5.41) is 0.695. The summed E-state index contributed by atoms with van der Waals surface area (Å²) in [6.45, 7) is 10.7. The second-order valence-electron chi connectivity index (χ2n) is 11.1. The normalized spacial score (nSPS) is 14.4. The molecule has 0 amide bonds. The van der Waals surface area contributed by atoms with Crippen molar-refractivity contribution in [1.82, 2.24) is 19.5 Å². The molecule has 4 heterocycles. The zero-order valence-corrected chi connectivity index (χ0v) is 25.2. The van der Waals surface area contributed by atoms with E-state index in [1.807, 2.05) is 16.7 Å². The lowest BCUT2D eigenvalue weighted by Gasteiger charge is -2.28.